The molecule has 0 bridgehead atoms. The van der Waals surface area contributed by atoms with Crippen molar-refractivity contribution >= 4 is 17.3 Å². The molecule has 0 aliphatic heterocycles. The number of aliphatic hydroxyl groups is 1. The van der Waals surface area contributed by atoms with Crippen LogP contribution in [0.2, 0.25) is 0 Å². The van der Waals surface area contributed by atoms with Crippen LogP contribution in [-0.2, 0) is 14.4 Å². The number of Topliss-reactive ketones (excluding diaryl/α,β-unsaturated/α-hetero) is 2. The molecule has 5 heteroatoms. The van der Waals surface area contributed by atoms with Gasteiger partial charge >= 0.3 is 0 Å². The van der Waals surface area contributed by atoms with E-state index < -0.39 is 33.8 Å². The molecular formula is C22H25FO4. The van der Waals surface area contributed by atoms with Crippen molar-refractivity contribution in [3.05, 3.63) is 35.7 Å². The summed E-state index contributed by atoms with van der Waals surface area (Å²) in [6.45, 7) is 9.14. The molecule has 0 heterocycles. The normalized spacial score (nSPS) is 46.3. The van der Waals surface area contributed by atoms with Crippen LogP contribution in [0.1, 0.15) is 46.5 Å². The second-order valence-corrected chi connectivity index (χ2v) is 9.28. The summed E-state index contributed by atoms with van der Waals surface area (Å²) in [6, 6.07) is 0. The third kappa shape index (κ3) is 2.04. The van der Waals surface area contributed by atoms with Crippen LogP contribution in [0.3, 0.4) is 0 Å². The average molecular weight is 372 g/mol. The third-order valence-corrected chi connectivity index (χ3v) is 8.14. The van der Waals surface area contributed by atoms with Gasteiger partial charge in [0.05, 0.1) is 0 Å². The molecule has 0 spiro atoms. The van der Waals surface area contributed by atoms with E-state index in [-0.39, 0.29) is 30.0 Å². The number of halogens is 1. The highest BCUT2D eigenvalue weighted by atomic mass is 19.1. The van der Waals surface area contributed by atoms with Gasteiger partial charge in [-0.3, -0.25) is 14.4 Å². The van der Waals surface area contributed by atoms with E-state index in [2.05, 4.69) is 6.58 Å². The van der Waals surface area contributed by atoms with Gasteiger partial charge < -0.3 is 5.11 Å². The lowest BCUT2D eigenvalue weighted by atomic mass is 9.47. The number of carbonyl (C=O) groups excluding carboxylic acids is 3. The molecule has 144 valence electrons. The zero-order chi connectivity index (χ0) is 19.9. The number of ketones is 3. The van der Waals surface area contributed by atoms with Gasteiger partial charge in [0.2, 0.25) is 11.6 Å². The minimum absolute atomic E-state index is 0.0134. The summed E-state index contributed by atoms with van der Waals surface area (Å²) in [4.78, 5) is 36.3. The lowest BCUT2D eigenvalue weighted by Crippen LogP contribution is -2.57. The van der Waals surface area contributed by atoms with Gasteiger partial charge in [-0.05, 0) is 67.2 Å². The van der Waals surface area contributed by atoms with Crippen LogP contribution >= 0.6 is 0 Å². The molecule has 0 amide bonds. The Morgan fingerprint density at radius 3 is 2.59 bits per heavy atom. The summed E-state index contributed by atoms with van der Waals surface area (Å²) in [7, 11) is 0. The fraction of sp³-hybridized carbons (Fsp3) is 0.591. The summed E-state index contributed by atoms with van der Waals surface area (Å²) in [6.07, 6.45) is 4.44. The highest BCUT2D eigenvalue weighted by Gasteiger charge is 2.67. The highest BCUT2D eigenvalue weighted by Crippen LogP contribution is 2.67. The minimum Gasteiger partial charge on any atom is -0.377 e. The van der Waals surface area contributed by atoms with E-state index in [0.29, 0.717) is 30.4 Å². The molecule has 1 N–H and O–H groups in total. The Hall–Kier alpha value is -1.88. The van der Waals surface area contributed by atoms with Crippen molar-refractivity contribution in [2.45, 2.75) is 52.1 Å². The van der Waals surface area contributed by atoms with Gasteiger partial charge in [-0.1, -0.05) is 20.4 Å². The highest BCUT2D eigenvalue weighted by molar-refractivity contribution is 6.42. The second kappa shape index (κ2) is 5.34. The molecule has 4 nitrogen and oxygen atoms in total. The van der Waals surface area contributed by atoms with Crippen molar-refractivity contribution in [2.24, 2.45) is 28.6 Å². The third-order valence-electron chi connectivity index (χ3n) is 8.14. The fourth-order valence-electron chi connectivity index (χ4n) is 6.62. The zero-order valence-electron chi connectivity index (χ0n) is 16.0. The first-order valence-corrected chi connectivity index (χ1v) is 9.55. The topological polar surface area (TPSA) is 71.4 Å². The van der Waals surface area contributed by atoms with Crippen molar-refractivity contribution in [3.63, 3.8) is 0 Å². The van der Waals surface area contributed by atoms with Crippen LogP contribution in [-0.4, -0.2) is 28.1 Å². The molecule has 27 heavy (non-hydrogen) atoms. The largest absolute Gasteiger partial charge is 0.377 e. The standard InChI is InChI=1S/C22H25FO4/c1-11-7-15-13-8-17(23)16-9-18(25)19(26)10-20(16,3)14(13)5-6-21(15,4)22(11,27)12(2)24/h8-9,13-15,27H,1,5-7,10H2,2-4H3/t13-,14+,15+,20-,21+,22+/m1/s1. The molecule has 6 atom stereocenters. The van der Waals surface area contributed by atoms with E-state index in [9.17, 15) is 19.5 Å². The quantitative estimate of drug-likeness (QED) is 0.566. The molecule has 4 aliphatic carbocycles. The van der Waals surface area contributed by atoms with E-state index >= 15 is 4.39 Å². The van der Waals surface area contributed by atoms with Crippen LogP contribution in [0.5, 0.6) is 0 Å². The smallest absolute Gasteiger partial charge is 0.221 e. The van der Waals surface area contributed by atoms with Crippen molar-refractivity contribution in [1.82, 2.24) is 0 Å². The fourth-order valence-corrected chi connectivity index (χ4v) is 6.62. The van der Waals surface area contributed by atoms with Crippen molar-refractivity contribution < 1.29 is 23.9 Å². The number of rotatable bonds is 1. The van der Waals surface area contributed by atoms with Crippen LogP contribution < -0.4 is 0 Å². The lowest BCUT2D eigenvalue weighted by Gasteiger charge is -2.56. The van der Waals surface area contributed by atoms with Crippen molar-refractivity contribution in [3.8, 4) is 0 Å². The molecule has 0 unspecified atom stereocenters. The van der Waals surface area contributed by atoms with Crippen LogP contribution in [0.4, 0.5) is 4.39 Å². The molecule has 0 aromatic carbocycles. The van der Waals surface area contributed by atoms with Gasteiger partial charge in [0.25, 0.3) is 0 Å². The molecular weight excluding hydrogens is 347 g/mol. The maximum absolute atomic E-state index is 15.0. The summed E-state index contributed by atoms with van der Waals surface area (Å²) < 4.78 is 15.0. The SMILES string of the molecule is C=C1C[C@H]2[C@@H]3C=C(F)C4=CC(=O)C(=O)C[C@]4(C)[C@H]3CC[C@]2(C)[C@@]1(O)C(C)=O. The summed E-state index contributed by atoms with van der Waals surface area (Å²) in [5.74, 6) is -2.23. The molecule has 4 rings (SSSR count). The predicted octanol–water partition coefficient (Wildman–Crippen LogP) is 3.26. The van der Waals surface area contributed by atoms with Gasteiger partial charge in [0.15, 0.2) is 5.78 Å². The summed E-state index contributed by atoms with van der Waals surface area (Å²) >= 11 is 0. The van der Waals surface area contributed by atoms with Crippen molar-refractivity contribution in [1.29, 1.82) is 0 Å². The van der Waals surface area contributed by atoms with E-state index in [1.54, 1.807) is 6.08 Å². The molecule has 2 saturated carbocycles. The van der Waals surface area contributed by atoms with Crippen LogP contribution in [0.25, 0.3) is 0 Å². The summed E-state index contributed by atoms with van der Waals surface area (Å²) in [5.41, 5.74) is -2.20. The van der Waals surface area contributed by atoms with Crippen molar-refractivity contribution in [2.75, 3.05) is 0 Å². The molecule has 4 aliphatic rings. The van der Waals surface area contributed by atoms with E-state index in [1.165, 1.54) is 13.0 Å². The summed E-state index contributed by atoms with van der Waals surface area (Å²) in [5, 5.41) is 11.2. The lowest BCUT2D eigenvalue weighted by molar-refractivity contribution is -0.151. The molecule has 2 fully saturated rings. The van der Waals surface area contributed by atoms with Gasteiger partial charge in [0, 0.05) is 17.3 Å². The first-order chi connectivity index (χ1) is 12.5. The number of fused-ring (bicyclic) bond motifs is 5. The first-order valence-electron chi connectivity index (χ1n) is 9.55. The number of hydrogen-bond acceptors (Lipinski definition) is 4. The van der Waals surface area contributed by atoms with E-state index in [0.717, 1.165) is 0 Å². The van der Waals surface area contributed by atoms with Gasteiger partial charge in [0.1, 0.15) is 11.4 Å². The van der Waals surface area contributed by atoms with Gasteiger partial charge in [-0.15, -0.1) is 0 Å². The maximum atomic E-state index is 15.0. The maximum Gasteiger partial charge on any atom is 0.221 e. The molecule has 0 radical (unpaired) electrons. The Labute approximate surface area is 158 Å². The van der Waals surface area contributed by atoms with E-state index in [4.69, 9.17) is 0 Å². The number of hydrogen-bond donors (Lipinski definition) is 1. The van der Waals surface area contributed by atoms with Crippen LogP contribution in [0.15, 0.2) is 35.7 Å². The molecule has 0 saturated heterocycles. The molecule has 0 aromatic heterocycles. The Morgan fingerprint density at radius 1 is 1.30 bits per heavy atom. The molecule has 0 aromatic rings. The zero-order valence-corrected chi connectivity index (χ0v) is 16.0. The van der Waals surface area contributed by atoms with Crippen LogP contribution in [0, 0.1) is 28.6 Å². The number of allylic oxidation sites excluding steroid dienone is 4. The average Bonchev–Trinajstić information content (AvgIpc) is 2.79. The second-order valence-electron chi connectivity index (χ2n) is 9.28. The first kappa shape index (κ1) is 18.5. The number of carbonyl (C=O) groups is 3. The minimum atomic E-state index is -1.59. The monoisotopic (exact) mass is 372 g/mol. The van der Waals surface area contributed by atoms with E-state index in [1.807, 2.05) is 13.8 Å². The van der Waals surface area contributed by atoms with Gasteiger partial charge in [-0.25, -0.2) is 4.39 Å². The predicted molar refractivity (Wildman–Crippen MR) is 97.2 cm³/mol. The van der Waals surface area contributed by atoms with Gasteiger partial charge in [-0.2, -0.15) is 0 Å². The Kier molecular flexibility index (Phi) is 3.66. The Morgan fingerprint density at radius 2 is 1.96 bits per heavy atom. The Bertz CT molecular complexity index is 868. The Balaban J connectivity index is 1.85.